The molecule has 2 aromatic heterocycles. The second-order valence-corrected chi connectivity index (χ2v) is 13.8. The Hall–Kier alpha value is -4.84. The second-order valence-electron chi connectivity index (χ2n) is 12.0. The number of carboxylic acids is 1. The topological polar surface area (TPSA) is 123 Å². The maximum Gasteiger partial charge on any atom is 0.308 e. The number of aryl methyl sites for hydroxylation is 1. The number of nitrogens with one attached hydrogen (secondary N) is 1. The second kappa shape index (κ2) is 11.5. The summed E-state index contributed by atoms with van der Waals surface area (Å²) >= 11 is 0. The smallest absolute Gasteiger partial charge is 0.308 e. The summed E-state index contributed by atoms with van der Waals surface area (Å²) in [6.07, 6.45) is 6.31. The van der Waals surface area contributed by atoms with Gasteiger partial charge in [-0.05, 0) is 68.7 Å². The van der Waals surface area contributed by atoms with Crippen LogP contribution in [0.3, 0.4) is 0 Å². The number of aliphatic carboxylic acids is 1. The van der Waals surface area contributed by atoms with Crippen LogP contribution in [0.15, 0.2) is 84.1 Å². The number of carboxylic acid groups (broad SMARTS) is 1. The predicted octanol–water partition coefficient (Wildman–Crippen LogP) is 7.02. The summed E-state index contributed by atoms with van der Waals surface area (Å²) in [5.41, 5.74) is 1.16. The highest BCUT2D eigenvalue weighted by Gasteiger charge is 2.47. The highest BCUT2D eigenvalue weighted by Crippen LogP contribution is 2.46. The van der Waals surface area contributed by atoms with Crippen LogP contribution in [0.5, 0.6) is 11.6 Å². The van der Waals surface area contributed by atoms with E-state index in [-0.39, 0.29) is 50.9 Å². The molecule has 9 nitrogen and oxygen atoms in total. The largest absolute Gasteiger partial charge is 0.481 e. The summed E-state index contributed by atoms with van der Waals surface area (Å²) < 4.78 is 64.4. The number of para-hydroxylation sites is 1. The van der Waals surface area contributed by atoms with E-state index in [1.807, 2.05) is 6.92 Å². The predicted molar refractivity (Wildman–Crippen MR) is 167 cm³/mol. The number of nitrogens with zero attached hydrogens (tertiary/aromatic N) is 3. The molecular weight excluding hydrogens is 614 g/mol. The molecule has 8 rings (SSSR count). The molecule has 12 heteroatoms. The van der Waals surface area contributed by atoms with Gasteiger partial charge >= 0.3 is 5.97 Å². The van der Waals surface area contributed by atoms with Crippen molar-refractivity contribution < 1.29 is 31.8 Å². The van der Waals surface area contributed by atoms with Crippen LogP contribution in [0, 0.1) is 36.3 Å². The zero-order chi connectivity index (χ0) is 32.2. The normalized spacial score (nSPS) is 20.9. The van der Waals surface area contributed by atoms with Crippen LogP contribution in [0.25, 0.3) is 22.0 Å². The number of aromatic nitrogens is 3. The monoisotopic (exact) mass is 644 g/mol. The number of carbonyl (C=O) groups is 1. The zero-order valence-corrected chi connectivity index (χ0v) is 25.5. The lowest BCUT2D eigenvalue weighted by Crippen LogP contribution is -2.51. The van der Waals surface area contributed by atoms with E-state index in [0.717, 1.165) is 41.3 Å². The standard InChI is InChI=1S/C34H30F2N4O5S/c1-19-6-12-23(13-7-19)46(43,44)40-17-26(25-14-22(35)15-27(36)33(25)40)24-4-2-3-5-28(24)45-30-16-29(37-18-38-30)39-32-21-10-8-20(9-11-21)31(32)34(41)42/h2-7,12-18,20-21,31-32H,8-11H2,1H3,(H,41,42)(H,37,38,39). The van der Waals surface area contributed by atoms with E-state index in [2.05, 4.69) is 15.3 Å². The number of hydrogen-bond donors (Lipinski definition) is 2. The average Bonchev–Trinajstić information content (AvgIpc) is 3.42. The first-order valence-electron chi connectivity index (χ1n) is 15.0. The number of halogens is 2. The van der Waals surface area contributed by atoms with Crippen molar-refractivity contribution in [1.29, 1.82) is 0 Å². The summed E-state index contributed by atoms with van der Waals surface area (Å²) in [6.45, 7) is 1.82. The van der Waals surface area contributed by atoms with Crippen molar-refractivity contribution in [3.63, 3.8) is 0 Å². The summed E-state index contributed by atoms with van der Waals surface area (Å²) in [4.78, 5) is 20.6. The lowest BCUT2D eigenvalue weighted by Gasteiger charge is -2.47. The van der Waals surface area contributed by atoms with Crippen LogP contribution in [0.4, 0.5) is 14.6 Å². The van der Waals surface area contributed by atoms with Crippen molar-refractivity contribution in [2.45, 2.75) is 43.5 Å². The molecule has 3 saturated carbocycles. The molecule has 3 aliphatic rings. The van der Waals surface area contributed by atoms with Crippen molar-refractivity contribution in [1.82, 2.24) is 13.9 Å². The van der Waals surface area contributed by atoms with Crippen LogP contribution in [0.2, 0.25) is 0 Å². The highest BCUT2D eigenvalue weighted by atomic mass is 32.2. The molecule has 2 heterocycles. The fourth-order valence-corrected chi connectivity index (χ4v) is 8.40. The van der Waals surface area contributed by atoms with E-state index in [1.165, 1.54) is 24.7 Å². The molecule has 0 radical (unpaired) electrons. The van der Waals surface area contributed by atoms with Crippen LogP contribution in [-0.2, 0) is 14.8 Å². The number of rotatable bonds is 8. The van der Waals surface area contributed by atoms with Gasteiger partial charge in [0.05, 0.1) is 10.8 Å². The molecule has 2 bridgehead atoms. The maximum absolute atomic E-state index is 15.3. The van der Waals surface area contributed by atoms with Gasteiger partial charge in [0.25, 0.3) is 10.0 Å². The molecule has 5 aromatic rings. The third kappa shape index (κ3) is 5.26. The molecule has 236 valence electrons. The Morgan fingerprint density at radius 3 is 2.41 bits per heavy atom. The van der Waals surface area contributed by atoms with Gasteiger partial charge in [0.1, 0.15) is 29.2 Å². The van der Waals surface area contributed by atoms with Gasteiger partial charge in [-0.3, -0.25) is 4.79 Å². The first kappa shape index (κ1) is 29.8. The first-order chi connectivity index (χ1) is 22.1. The van der Waals surface area contributed by atoms with Gasteiger partial charge in [-0.2, -0.15) is 0 Å². The Kier molecular flexibility index (Phi) is 7.47. The highest BCUT2D eigenvalue weighted by molar-refractivity contribution is 7.90. The van der Waals surface area contributed by atoms with Crippen LogP contribution < -0.4 is 10.1 Å². The minimum Gasteiger partial charge on any atom is -0.481 e. The molecule has 0 spiro atoms. The summed E-state index contributed by atoms with van der Waals surface area (Å²) in [6, 6.07) is 15.9. The van der Waals surface area contributed by atoms with Gasteiger partial charge in [0.15, 0.2) is 5.82 Å². The van der Waals surface area contributed by atoms with Gasteiger partial charge in [-0.1, -0.05) is 35.9 Å². The Labute approximate surface area is 263 Å². The van der Waals surface area contributed by atoms with Crippen molar-refractivity contribution in [3.8, 4) is 22.8 Å². The van der Waals surface area contributed by atoms with Crippen molar-refractivity contribution in [2.75, 3.05) is 5.32 Å². The van der Waals surface area contributed by atoms with E-state index >= 15 is 4.39 Å². The van der Waals surface area contributed by atoms with Gasteiger partial charge < -0.3 is 15.2 Å². The molecule has 0 saturated heterocycles. The van der Waals surface area contributed by atoms with Gasteiger partial charge in [-0.15, -0.1) is 0 Å². The summed E-state index contributed by atoms with van der Waals surface area (Å²) in [5.74, 6) is -2.07. The van der Waals surface area contributed by atoms with E-state index in [9.17, 15) is 22.7 Å². The Balaban J connectivity index is 1.26. The summed E-state index contributed by atoms with van der Waals surface area (Å²) in [5, 5.41) is 13.3. The van der Waals surface area contributed by atoms with Crippen LogP contribution in [0.1, 0.15) is 31.2 Å². The molecule has 0 amide bonds. The quantitative estimate of drug-likeness (QED) is 0.185. The van der Waals surface area contributed by atoms with Crippen molar-refractivity contribution >= 4 is 32.7 Å². The first-order valence-corrected chi connectivity index (χ1v) is 16.4. The number of ether oxygens (including phenoxy) is 1. The minimum absolute atomic E-state index is 0.0429. The van der Waals surface area contributed by atoms with E-state index < -0.39 is 33.5 Å². The minimum atomic E-state index is -4.27. The molecule has 2 atom stereocenters. The molecule has 3 fully saturated rings. The van der Waals surface area contributed by atoms with Gasteiger partial charge in [0.2, 0.25) is 5.88 Å². The Bertz CT molecular complexity index is 2080. The zero-order valence-electron chi connectivity index (χ0n) is 24.7. The fourth-order valence-electron chi connectivity index (χ4n) is 7.02. The fraction of sp³-hybridized carbons (Fsp3) is 0.265. The molecule has 3 aromatic carbocycles. The summed E-state index contributed by atoms with van der Waals surface area (Å²) in [7, 11) is -4.27. The lowest BCUT2D eigenvalue weighted by molar-refractivity contribution is -0.148. The van der Waals surface area contributed by atoms with Gasteiger partial charge in [0, 0.05) is 40.9 Å². The van der Waals surface area contributed by atoms with Crippen LogP contribution >= 0.6 is 0 Å². The number of fused-ring (bicyclic) bond motifs is 4. The molecular formula is C34H30F2N4O5S. The van der Waals surface area contributed by atoms with Gasteiger partial charge in [-0.25, -0.2) is 31.1 Å². The van der Waals surface area contributed by atoms with E-state index in [0.29, 0.717) is 17.4 Å². The number of hydrogen-bond acceptors (Lipinski definition) is 7. The third-order valence-electron chi connectivity index (χ3n) is 9.22. The van der Waals surface area contributed by atoms with E-state index in [4.69, 9.17) is 4.74 Å². The van der Waals surface area contributed by atoms with Crippen LogP contribution in [-0.4, -0.2) is 39.5 Å². The Morgan fingerprint density at radius 2 is 1.67 bits per heavy atom. The number of benzene rings is 3. The molecule has 2 unspecified atom stereocenters. The maximum atomic E-state index is 15.3. The molecule has 46 heavy (non-hydrogen) atoms. The third-order valence-corrected chi connectivity index (χ3v) is 10.9. The average molecular weight is 645 g/mol. The lowest BCUT2D eigenvalue weighted by atomic mass is 9.61. The SMILES string of the molecule is Cc1ccc(S(=O)(=O)n2cc(-c3ccccc3Oc3cc(NC4C5CCC(CC5)C4C(=O)O)ncn3)c3cc(F)cc(F)c32)cc1. The number of anilines is 1. The molecule has 3 aliphatic carbocycles. The molecule has 0 aliphatic heterocycles. The molecule has 2 N–H and O–H groups in total. The Morgan fingerprint density at radius 1 is 0.957 bits per heavy atom. The van der Waals surface area contributed by atoms with Crippen molar-refractivity contribution in [2.24, 2.45) is 17.8 Å². The van der Waals surface area contributed by atoms with Crippen molar-refractivity contribution in [3.05, 3.63) is 96.5 Å². The van der Waals surface area contributed by atoms with E-state index in [1.54, 1.807) is 42.5 Å².